The van der Waals surface area contributed by atoms with Crippen LogP contribution in [0.15, 0.2) is 27.7 Å². The van der Waals surface area contributed by atoms with Crippen LogP contribution in [0.2, 0.25) is 0 Å². The maximum Gasteiger partial charge on any atom is 0.325 e. The summed E-state index contributed by atoms with van der Waals surface area (Å²) in [5.74, 6) is 0. The molecular formula is C9H9N3OS2. The lowest BCUT2D eigenvalue weighted by Crippen LogP contribution is -1.80. The first kappa shape index (κ1) is 10.5. The molecule has 0 spiro atoms. The first-order chi connectivity index (χ1) is 7.33. The monoisotopic (exact) mass is 239 g/mol. The fraction of sp³-hybridized carbons (Fsp3) is 0.222. The summed E-state index contributed by atoms with van der Waals surface area (Å²) in [6.07, 6.45) is 5.62. The predicted molar refractivity (Wildman–Crippen MR) is 65.9 cm³/mol. The van der Waals surface area contributed by atoms with Gasteiger partial charge in [-0.1, -0.05) is 0 Å². The topological polar surface area (TPSA) is 51.3 Å². The van der Waals surface area contributed by atoms with Gasteiger partial charge in [0, 0.05) is 6.20 Å². The van der Waals surface area contributed by atoms with Crippen LogP contribution in [0.25, 0.3) is 11.2 Å². The Morgan fingerprint density at radius 1 is 1.40 bits per heavy atom. The van der Waals surface area contributed by atoms with Gasteiger partial charge in [-0.25, -0.2) is 4.98 Å². The lowest BCUT2D eigenvalue weighted by molar-refractivity contribution is 0.614. The number of aliphatic imine (C=N–C) groups is 1. The van der Waals surface area contributed by atoms with Crippen molar-refractivity contribution in [1.29, 1.82) is 0 Å². The van der Waals surface area contributed by atoms with Gasteiger partial charge < -0.3 is 4.42 Å². The number of aromatic nitrogens is 2. The number of fused-ring (bicyclic) bond motifs is 1. The second kappa shape index (κ2) is 4.67. The van der Waals surface area contributed by atoms with E-state index in [4.69, 9.17) is 4.42 Å². The number of nitrogens with zero attached hydrogens (tertiary/aromatic N) is 3. The molecule has 0 unspecified atom stereocenters. The largest absolute Gasteiger partial charge is 0.420 e. The van der Waals surface area contributed by atoms with Crippen LogP contribution in [0.4, 0.5) is 6.01 Å². The Bertz CT molecular complexity index is 456. The molecule has 0 saturated heterocycles. The van der Waals surface area contributed by atoms with E-state index >= 15 is 0 Å². The summed E-state index contributed by atoms with van der Waals surface area (Å²) >= 11 is 3.13. The molecule has 0 fully saturated rings. The minimum Gasteiger partial charge on any atom is -0.420 e. The number of oxazole rings is 1. The van der Waals surface area contributed by atoms with Crippen LogP contribution in [-0.4, -0.2) is 26.9 Å². The van der Waals surface area contributed by atoms with Crippen molar-refractivity contribution < 1.29 is 4.42 Å². The van der Waals surface area contributed by atoms with Gasteiger partial charge in [-0.2, -0.15) is 9.98 Å². The smallest absolute Gasteiger partial charge is 0.325 e. The van der Waals surface area contributed by atoms with E-state index in [0.29, 0.717) is 17.2 Å². The summed E-state index contributed by atoms with van der Waals surface area (Å²) in [5, 5.41) is 0. The summed E-state index contributed by atoms with van der Waals surface area (Å²) in [5.41, 5.74) is 1.26. The highest BCUT2D eigenvalue weighted by Gasteiger charge is 2.05. The number of thioether (sulfide) groups is 2. The Balaban J connectivity index is 2.40. The first-order valence-corrected chi connectivity index (χ1v) is 6.66. The standard InChI is InChI=1S/C9H9N3OS2/c1-14-9(15-2)12-8-11-7-6(13-8)4-3-5-10-7/h3-5H,1-2H3. The third kappa shape index (κ3) is 2.32. The average molecular weight is 239 g/mol. The van der Waals surface area contributed by atoms with Gasteiger partial charge in [-0.15, -0.1) is 23.5 Å². The number of pyridine rings is 1. The molecule has 0 aliphatic carbocycles. The van der Waals surface area contributed by atoms with Crippen LogP contribution < -0.4 is 0 Å². The highest BCUT2D eigenvalue weighted by Crippen LogP contribution is 2.22. The maximum absolute atomic E-state index is 5.41. The van der Waals surface area contributed by atoms with Crippen molar-refractivity contribution in [2.45, 2.75) is 0 Å². The second-order valence-electron chi connectivity index (χ2n) is 2.61. The lowest BCUT2D eigenvalue weighted by Gasteiger charge is -1.93. The van der Waals surface area contributed by atoms with E-state index in [1.165, 1.54) is 0 Å². The Morgan fingerprint density at radius 3 is 2.87 bits per heavy atom. The number of hydrogen-bond acceptors (Lipinski definition) is 6. The minimum atomic E-state index is 0.363. The van der Waals surface area contributed by atoms with Crippen molar-refractivity contribution in [2.24, 2.45) is 4.99 Å². The Morgan fingerprint density at radius 2 is 2.20 bits per heavy atom. The van der Waals surface area contributed by atoms with Crippen LogP contribution in [0.5, 0.6) is 0 Å². The fourth-order valence-corrected chi connectivity index (χ4v) is 2.06. The molecule has 0 atom stereocenters. The van der Waals surface area contributed by atoms with Crippen LogP contribution >= 0.6 is 23.5 Å². The highest BCUT2D eigenvalue weighted by molar-refractivity contribution is 8.38. The zero-order chi connectivity index (χ0) is 10.7. The molecule has 0 saturated carbocycles. The Kier molecular flexibility index (Phi) is 3.27. The summed E-state index contributed by atoms with van der Waals surface area (Å²) in [4.78, 5) is 12.5. The van der Waals surface area contributed by atoms with Crippen molar-refractivity contribution in [3.63, 3.8) is 0 Å². The van der Waals surface area contributed by atoms with Crippen LogP contribution in [0.1, 0.15) is 0 Å². The molecule has 0 N–H and O–H groups in total. The Hall–Kier alpha value is -1.01. The number of hydrogen-bond donors (Lipinski definition) is 0. The van der Waals surface area contributed by atoms with E-state index in [2.05, 4.69) is 15.0 Å². The minimum absolute atomic E-state index is 0.363. The van der Waals surface area contributed by atoms with E-state index in [-0.39, 0.29) is 0 Å². The zero-order valence-corrected chi connectivity index (χ0v) is 9.93. The molecule has 0 aliphatic rings. The quantitative estimate of drug-likeness (QED) is 0.565. The van der Waals surface area contributed by atoms with Gasteiger partial charge in [0.05, 0.1) is 0 Å². The molecule has 2 aromatic rings. The lowest BCUT2D eigenvalue weighted by atomic mass is 10.5. The summed E-state index contributed by atoms with van der Waals surface area (Å²) in [6, 6.07) is 4.00. The second-order valence-corrected chi connectivity index (χ2v) is 4.46. The van der Waals surface area contributed by atoms with E-state index < -0.39 is 0 Å². The predicted octanol–water partition coefficient (Wildman–Crippen LogP) is 2.94. The van der Waals surface area contributed by atoms with Crippen molar-refractivity contribution in [1.82, 2.24) is 9.97 Å². The van der Waals surface area contributed by atoms with Gasteiger partial charge in [-0.3, -0.25) is 0 Å². The molecule has 0 aliphatic heterocycles. The van der Waals surface area contributed by atoms with Crippen molar-refractivity contribution in [2.75, 3.05) is 12.5 Å². The van der Waals surface area contributed by atoms with E-state index in [9.17, 15) is 0 Å². The van der Waals surface area contributed by atoms with E-state index in [1.54, 1.807) is 29.7 Å². The maximum atomic E-state index is 5.41. The van der Waals surface area contributed by atoms with E-state index in [0.717, 1.165) is 4.38 Å². The normalized spacial score (nSPS) is 10.5. The van der Waals surface area contributed by atoms with Crippen molar-refractivity contribution >= 4 is 45.1 Å². The summed E-state index contributed by atoms with van der Waals surface area (Å²) < 4.78 is 6.33. The third-order valence-electron chi connectivity index (χ3n) is 1.69. The highest BCUT2D eigenvalue weighted by atomic mass is 32.2. The number of rotatable bonds is 1. The molecule has 78 valence electrons. The van der Waals surface area contributed by atoms with Gasteiger partial charge in [0.1, 0.15) is 4.38 Å². The molecule has 0 bridgehead atoms. The van der Waals surface area contributed by atoms with Crippen molar-refractivity contribution in [3.05, 3.63) is 18.3 Å². The molecule has 2 rings (SSSR count). The molecule has 0 radical (unpaired) electrons. The molecule has 2 aromatic heterocycles. The third-order valence-corrected chi connectivity index (χ3v) is 3.57. The molecule has 0 amide bonds. The molecule has 2 heterocycles. The molecule has 0 aromatic carbocycles. The van der Waals surface area contributed by atoms with Crippen LogP contribution in [0, 0.1) is 0 Å². The van der Waals surface area contributed by atoms with Crippen LogP contribution in [0.3, 0.4) is 0 Å². The van der Waals surface area contributed by atoms with Crippen LogP contribution in [-0.2, 0) is 0 Å². The average Bonchev–Trinajstić information content (AvgIpc) is 2.68. The molecule has 6 heteroatoms. The summed E-state index contributed by atoms with van der Waals surface area (Å²) in [7, 11) is 0. The summed E-state index contributed by atoms with van der Waals surface area (Å²) in [6.45, 7) is 0. The van der Waals surface area contributed by atoms with Gasteiger partial charge >= 0.3 is 6.01 Å². The molecular weight excluding hydrogens is 230 g/mol. The van der Waals surface area contributed by atoms with Crippen molar-refractivity contribution in [3.8, 4) is 0 Å². The molecule has 4 nitrogen and oxygen atoms in total. The Labute approximate surface area is 95.6 Å². The van der Waals surface area contributed by atoms with Gasteiger partial charge in [0.25, 0.3) is 0 Å². The van der Waals surface area contributed by atoms with Gasteiger partial charge in [0.2, 0.25) is 5.65 Å². The molecule has 15 heavy (non-hydrogen) atoms. The fourth-order valence-electron chi connectivity index (χ4n) is 1.06. The van der Waals surface area contributed by atoms with Gasteiger partial charge in [-0.05, 0) is 24.6 Å². The van der Waals surface area contributed by atoms with Gasteiger partial charge in [0.15, 0.2) is 5.58 Å². The first-order valence-electron chi connectivity index (χ1n) is 4.21. The van der Waals surface area contributed by atoms with E-state index in [1.807, 2.05) is 24.6 Å². The zero-order valence-electron chi connectivity index (χ0n) is 8.30. The SMILES string of the molecule is CSC(=Nc1nc2ncccc2o1)SC.